The summed E-state index contributed by atoms with van der Waals surface area (Å²) in [6.45, 7) is 3.47. The Morgan fingerprint density at radius 3 is 3.07 bits per heavy atom. The maximum Gasteiger partial charge on any atom is 0.321 e. The second kappa shape index (κ2) is 7.92. The number of urea groups is 1. The predicted octanol–water partition coefficient (Wildman–Crippen LogP) is 4.59. The Kier molecular flexibility index (Phi) is 5.20. The van der Waals surface area contributed by atoms with Crippen molar-refractivity contribution in [3.63, 3.8) is 0 Å². The lowest BCUT2D eigenvalue weighted by atomic mass is 9.95. The summed E-state index contributed by atoms with van der Waals surface area (Å²) in [5.41, 5.74) is 2.91. The Hall–Kier alpha value is -2.67. The Morgan fingerprint density at radius 2 is 2.26 bits per heavy atom. The average molecular weight is 382 g/mol. The van der Waals surface area contributed by atoms with Crippen LogP contribution >= 0.6 is 11.3 Å². The zero-order valence-electron chi connectivity index (χ0n) is 15.2. The van der Waals surface area contributed by atoms with Crippen molar-refractivity contribution in [2.24, 2.45) is 5.92 Å². The molecule has 1 N–H and O–H groups in total. The monoisotopic (exact) mass is 382 g/mol. The molecule has 6 nitrogen and oxygen atoms in total. The lowest BCUT2D eigenvalue weighted by Crippen LogP contribution is -2.42. The second-order valence-corrected chi connectivity index (χ2v) is 7.71. The first-order valence-corrected chi connectivity index (χ1v) is 10.1. The molecule has 4 rings (SSSR count). The highest BCUT2D eigenvalue weighted by molar-refractivity contribution is 7.08. The van der Waals surface area contributed by atoms with E-state index in [0.29, 0.717) is 30.6 Å². The van der Waals surface area contributed by atoms with Crippen molar-refractivity contribution in [2.75, 3.05) is 18.4 Å². The Labute approximate surface area is 162 Å². The van der Waals surface area contributed by atoms with E-state index in [2.05, 4.69) is 15.5 Å². The quantitative estimate of drug-likeness (QED) is 0.716. The van der Waals surface area contributed by atoms with Gasteiger partial charge in [0.1, 0.15) is 0 Å². The maximum atomic E-state index is 12.6. The minimum Gasteiger partial charge on any atom is -0.339 e. The zero-order valence-corrected chi connectivity index (χ0v) is 16.0. The van der Waals surface area contributed by atoms with Crippen LogP contribution in [0.4, 0.5) is 10.5 Å². The van der Waals surface area contributed by atoms with E-state index in [0.717, 1.165) is 36.2 Å². The van der Waals surface area contributed by atoms with E-state index in [1.54, 1.807) is 11.3 Å². The van der Waals surface area contributed by atoms with Crippen molar-refractivity contribution in [3.8, 4) is 11.4 Å². The van der Waals surface area contributed by atoms with E-state index < -0.39 is 0 Å². The van der Waals surface area contributed by atoms with E-state index in [1.807, 2.05) is 52.9 Å². The number of hydrogen-bond acceptors (Lipinski definition) is 5. The van der Waals surface area contributed by atoms with Gasteiger partial charge in [-0.25, -0.2) is 4.79 Å². The molecule has 3 aromatic rings. The molecular weight excluding hydrogens is 360 g/mol. The number of benzene rings is 1. The van der Waals surface area contributed by atoms with E-state index in [9.17, 15) is 4.79 Å². The van der Waals surface area contributed by atoms with E-state index in [-0.39, 0.29) is 6.03 Å². The first-order chi connectivity index (χ1) is 13.2. The number of hydrogen-bond donors (Lipinski definition) is 1. The van der Waals surface area contributed by atoms with Gasteiger partial charge in [0.15, 0.2) is 0 Å². The SMILES string of the molecule is Cc1ccccc1NC(=O)N1CCCC(Cc2nc(-c3ccsc3)no2)C1. The largest absolute Gasteiger partial charge is 0.339 e. The fraction of sp³-hybridized carbons (Fsp3) is 0.350. The smallest absolute Gasteiger partial charge is 0.321 e. The number of nitrogens with one attached hydrogen (secondary N) is 1. The molecule has 1 aliphatic heterocycles. The third kappa shape index (κ3) is 4.19. The minimum atomic E-state index is -0.0431. The van der Waals surface area contributed by atoms with Gasteiger partial charge in [0.25, 0.3) is 0 Å². The molecule has 1 atom stereocenters. The van der Waals surface area contributed by atoms with Crippen LogP contribution in [0.1, 0.15) is 24.3 Å². The highest BCUT2D eigenvalue weighted by atomic mass is 32.1. The van der Waals surface area contributed by atoms with Crippen LogP contribution in [0.5, 0.6) is 0 Å². The van der Waals surface area contributed by atoms with Crippen molar-refractivity contribution in [3.05, 3.63) is 52.5 Å². The highest BCUT2D eigenvalue weighted by Gasteiger charge is 2.26. The number of thiophene rings is 1. The van der Waals surface area contributed by atoms with Crippen molar-refractivity contribution >= 4 is 23.1 Å². The molecule has 140 valence electrons. The van der Waals surface area contributed by atoms with Crippen LogP contribution in [0.15, 0.2) is 45.6 Å². The van der Waals surface area contributed by atoms with Gasteiger partial charge in [0.2, 0.25) is 11.7 Å². The number of anilines is 1. The summed E-state index contributed by atoms with van der Waals surface area (Å²) in [5, 5.41) is 11.1. The molecule has 1 unspecified atom stereocenters. The number of para-hydroxylation sites is 1. The molecule has 3 heterocycles. The number of aryl methyl sites for hydroxylation is 1. The lowest BCUT2D eigenvalue weighted by molar-refractivity contribution is 0.173. The molecule has 0 spiro atoms. The van der Waals surface area contributed by atoms with Gasteiger partial charge in [0.05, 0.1) is 0 Å². The summed E-state index contributed by atoms with van der Waals surface area (Å²) in [4.78, 5) is 19.0. The fourth-order valence-corrected chi connectivity index (χ4v) is 4.05. The second-order valence-electron chi connectivity index (χ2n) is 6.93. The number of amides is 2. The molecule has 0 saturated carbocycles. The highest BCUT2D eigenvalue weighted by Crippen LogP contribution is 2.24. The van der Waals surface area contributed by atoms with Crippen LogP contribution in [0, 0.1) is 12.8 Å². The van der Waals surface area contributed by atoms with Crippen LogP contribution in [0.25, 0.3) is 11.4 Å². The van der Waals surface area contributed by atoms with Crippen LogP contribution in [-0.4, -0.2) is 34.2 Å². The van der Waals surface area contributed by atoms with Gasteiger partial charge in [0, 0.05) is 36.1 Å². The molecule has 7 heteroatoms. The molecule has 1 fully saturated rings. The summed E-state index contributed by atoms with van der Waals surface area (Å²) in [6, 6.07) is 9.77. The van der Waals surface area contributed by atoms with Gasteiger partial charge in [-0.05, 0) is 48.8 Å². The first kappa shape index (κ1) is 17.7. The van der Waals surface area contributed by atoms with Gasteiger partial charge in [-0.15, -0.1) is 0 Å². The molecule has 0 radical (unpaired) electrons. The van der Waals surface area contributed by atoms with E-state index >= 15 is 0 Å². The van der Waals surface area contributed by atoms with Crippen molar-refractivity contribution in [1.82, 2.24) is 15.0 Å². The maximum absolute atomic E-state index is 12.6. The summed E-state index contributed by atoms with van der Waals surface area (Å²) in [6.07, 6.45) is 2.74. The summed E-state index contributed by atoms with van der Waals surface area (Å²) in [7, 11) is 0. The number of aromatic nitrogens is 2. The molecule has 2 amide bonds. The summed E-state index contributed by atoms with van der Waals surface area (Å²) >= 11 is 1.61. The average Bonchev–Trinajstić information content (AvgIpc) is 3.35. The Morgan fingerprint density at radius 1 is 1.37 bits per heavy atom. The van der Waals surface area contributed by atoms with Crippen LogP contribution in [-0.2, 0) is 6.42 Å². The van der Waals surface area contributed by atoms with Gasteiger partial charge in [-0.1, -0.05) is 23.4 Å². The molecule has 1 saturated heterocycles. The predicted molar refractivity (Wildman–Crippen MR) is 106 cm³/mol. The Bertz CT molecular complexity index is 906. The van der Waals surface area contributed by atoms with Crippen LogP contribution in [0.2, 0.25) is 0 Å². The number of rotatable bonds is 4. The number of nitrogens with zero attached hydrogens (tertiary/aromatic N) is 3. The summed E-state index contributed by atoms with van der Waals surface area (Å²) in [5.74, 6) is 1.61. The summed E-state index contributed by atoms with van der Waals surface area (Å²) < 4.78 is 5.42. The van der Waals surface area contributed by atoms with Gasteiger partial charge in [-0.3, -0.25) is 0 Å². The van der Waals surface area contributed by atoms with Crippen molar-refractivity contribution < 1.29 is 9.32 Å². The normalized spacial score (nSPS) is 17.1. The number of piperidine rings is 1. The third-order valence-corrected chi connectivity index (χ3v) is 5.59. The van der Waals surface area contributed by atoms with E-state index in [1.165, 1.54) is 0 Å². The van der Waals surface area contributed by atoms with Gasteiger partial charge in [-0.2, -0.15) is 16.3 Å². The molecular formula is C20H22N4O2S. The van der Waals surface area contributed by atoms with Gasteiger partial charge < -0.3 is 14.7 Å². The number of carbonyl (C=O) groups is 1. The first-order valence-electron chi connectivity index (χ1n) is 9.16. The Balaban J connectivity index is 1.37. The molecule has 2 aromatic heterocycles. The molecule has 1 aromatic carbocycles. The minimum absolute atomic E-state index is 0.0431. The third-order valence-electron chi connectivity index (χ3n) is 4.90. The lowest BCUT2D eigenvalue weighted by Gasteiger charge is -2.32. The van der Waals surface area contributed by atoms with E-state index in [4.69, 9.17) is 4.52 Å². The van der Waals surface area contributed by atoms with Crippen molar-refractivity contribution in [2.45, 2.75) is 26.2 Å². The number of likely N-dealkylation sites (tertiary alicyclic amines) is 1. The zero-order chi connectivity index (χ0) is 18.6. The number of carbonyl (C=O) groups excluding carboxylic acids is 1. The molecule has 1 aliphatic rings. The van der Waals surface area contributed by atoms with Gasteiger partial charge >= 0.3 is 6.03 Å². The fourth-order valence-electron chi connectivity index (χ4n) is 3.42. The standard InChI is InChI=1S/C20H22N4O2S/c1-14-5-2-3-7-17(14)21-20(25)24-9-4-6-15(12-24)11-18-22-19(23-26-18)16-8-10-27-13-16/h2-3,5,7-8,10,13,15H,4,6,9,11-12H2,1H3,(H,21,25). The molecule has 0 bridgehead atoms. The molecule has 0 aliphatic carbocycles. The molecule has 27 heavy (non-hydrogen) atoms. The van der Waals surface area contributed by atoms with Crippen LogP contribution < -0.4 is 5.32 Å². The topological polar surface area (TPSA) is 71.3 Å². The van der Waals surface area contributed by atoms with Crippen molar-refractivity contribution in [1.29, 1.82) is 0 Å². The van der Waals surface area contributed by atoms with Crippen LogP contribution in [0.3, 0.4) is 0 Å².